The number of nitrogens with zero attached hydrogens (tertiary/aromatic N) is 2. The minimum absolute atomic E-state index is 0.00657. The number of carbonyl (C=O) groups is 2. The standard InChI is InChI=1S/C17H12BrN3O5/c18-12-4-1-10(2-5-12)9-20-16(23)13(19-17(20)24)7-11-3-6-15(22)14(8-11)21(25)26/h1-8,22H,9H2,(H,19,24). The lowest BCUT2D eigenvalue weighted by atomic mass is 10.1. The van der Waals surface area contributed by atoms with Gasteiger partial charge in [-0.15, -0.1) is 0 Å². The van der Waals surface area contributed by atoms with Crippen molar-refractivity contribution in [1.82, 2.24) is 10.2 Å². The minimum atomic E-state index is -0.730. The number of hydrogen-bond donors (Lipinski definition) is 2. The molecule has 1 fully saturated rings. The summed E-state index contributed by atoms with van der Waals surface area (Å²) >= 11 is 3.31. The van der Waals surface area contributed by atoms with Gasteiger partial charge < -0.3 is 10.4 Å². The fourth-order valence-corrected chi connectivity index (χ4v) is 2.70. The third kappa shape index (κ3) is 3.57. The van der Waals surface area contributed by atoms with E-state index in [1.54, 1.807) is 24.3 Å². The summed E-state index contributed by atoms with van der Waals surface area (Å²) in [4.78, 5) is 35.7. The van der Waals surface area contributed by atoms with Crippen molar-refractivity contribution in [1.29, 1.82) is 0 Å². The molecule has 0 saturated carbocycles. The third-order valence-corrected chi connectivity index (χ3v) is 4.25. The predicted octanol–water partition coefficient (Wildman–Crippen LogP) is 3.16. The Hall–Kier alpha value is -3.20. The van der Waals surface area contributed by atoms with E-state index in [1.165, 1.54) is 12.1 Å². The van der Waals surface area contributed by atoms with Crippen LogP contribution in [-0.2, 0) is 11.3 Å². The Morgan fingerprint density at radius 3 is 2.54 bits per heavy atom. The molecule has 0 unspecified atom stereocenters. The van der Waals surface area contributed by atoms with Crippen LogP contribution >= 0.6 is 15.9 Å². The molecule has 0 atom stereocenters. The highest BCUT2D eigenvalue weighted by atomic mass is 79.9. The first-order valence-electron chi connectivity index (χ1n) is 7.41. The van der Waals surface area contributed by atoms with E-state index in [-0.39, 0.29) is 12.2 Å². The molecule has 0 bridgehead atoms. The number of amides is 3. The van der Waals surface area contributed by atoms with Gasteiger partial charge in [0.2, 0.25) is 0 Å². The molecule has 0 aliphatic carbocycles. The minimum Gasteiger partial charge on any atom is -0.502 e. The summed E-state index contributed by atoms with van der Waals surface area (Å²) in [7, 11) is 0. The van der Waals surface area contributed by atoms with Gasteiger partial charge in [-0.1, -0.05) is 34.1 Å². The molecule has 26 heavy (non-hydrogen) atoms. The van der Waals surface area contributed by atoms with E-state index in [9.17, 15) is 24.8 Å². The summed E-state index contributed by atoms with van der Waals surface area (Å²) in [6.07, 6.45) is 1.33. The quantitative estimate of drug-likeness (QED) is 0.343. The number of phenolic OH excluding ortho intramolecular Hbond substituents is 1. The number of nitro benzene ring substituents is 1. The monoisotopic (exact) mass is 417 g/mol. The summed E-state index contributed by atoms with van der Waals surface area (Å²) in [5, 5.41) is 22.8. The molecule has 2 aromatic rings. The van der Waals surface area contributed by atoms with Gasteiger partial charge in [0.15, 0.2) is 5.75 Å². The van der Waals surface area contributed by atoms with Gasteiger partial charge in [-0.25, -0.2) is 4.79 Å². The highest BCUT2D eigenvalue weighted by Gasteiger charge is 2.33. The number of carbonyl (C=O) groups excluding carboxylic acids is 2. The first-order chi connectivity index (χ1) is 12.3. The molecule has 1 aliphatic heterocycles. The van der Waals surface area contributed by atoms with E-state index in [2.05, 4.69) is 21.2 Å². The van der Waals surface area contributed by atoms with E-state index in [0.29, 0.717) is 5.56 Å². The molecule has 3 rings (SSSR count). The van der Waals surface area contributed by atoms with E-state index < -0.39 is 28.3 Å². The molecule has 0 spiro atoms. The topological polar surface area (TPSA) is 113 Å². The van der Waals surface area contributed by atoms with E-state index in [0.717, 1.165) is 27.1 Å². The molecule has 0 radical (unpaired) electrons. The van der Waals surface area contributed by atoms with Crippen LogP contribution in [-0.4, -0.2) is 26.9 Å². The van der Waals surface area contributed by atoms with Gasteiger partial charge in [0.05, 0.1) is 11.5 Å². The Bertz CT molecular complexity index is 940. The fraction of sp³-hybridized carbons (Fsp3) is 0.0588. The lowest BCUT2D eigenvalue weighted by Gasteiger charge is -2.11. The third-order valence-electron chi connectivity index (χ3n) is 3.72. The predicted molar refractivity (Wildman–Crippen MR) is 96.0 cm³/mol. The maximum atomic E-state index is 12.5. The number of halogens is 1. The Kier molecular flexibility index (Phi) is 4.72. The lowest BCUT2D eigenvalue weighted by Crippen LogP contribution is -2.30. The molecule has 2 aromatic carbocycles. The lowest BCUT2D eigenvalue weighted by molar-refractivity contribution is -0.385. The Morgan fingerprint density at radius 1 is 1.19 bits per heavy atom. The molecule has 9 heteroatoms. The molecule has 3 amide bonds. The van der Waals surface area contributed by atoms with Crippen LogP contribution in [0.3, 0.4) is 0 Å². The molecular formula is C17H12BrN3O5. The van der Waals surface area contributed by atoms with Crippen LogP contribution in [0.25, 0.3) is 6.08 Å². The van der Waals surface area contributed by atoms with Crippen molar-refractivity contribution in [2.75, 3.05) is 0 Å². The largest absolute Gasteiger partial charge is 0.502 e. The number of nitrogens with one attached hydrogen (secondary N) is 1. The van der Waals surface area contributed by atoms with Gasteiger partial charge in [-0.2, -0.15) is 0 Å². The summed E-state index contributed by atoms with van der Waals surface area (Å²) in [5.41, 5.74) is 0.608. The molecule has 1 heterocycles. The smallest absolute Gasteiger partial charge is 0.329 e. The number of urea groups is 1. The van der Waals surface area contributed by atoms with Gasteiger partial charge in [-0.05, 0) is 35.4 Å². The average Bonchev–Trinajstić information content (AvgIpc) is 2.85. The normalized spacial score (nSPS) is 15.4. The highest BCUT2D eigenvalue weighted by Crippen LogP contribution is 2.27. The zero-order chi connectivity index (χ0) is 18.8. The van der Waals surface area contributed by atoms with Gasteiger partial charge in [0.25, 0.3) is 5.91 Å². The van der Waals surface area contributed by atoms with E-state index in [4.69, 9.17) is 0 Å². The SMILES string of the molecule is O=C1NC(=Cc2ccc(O)c([N+](=O)[O-])c2)C(=O)N1Cc1ccc(Br)cc1. The van der Waals surface area contributed by atoms with Gasteiger partial charge >= 0.3 is 11.7 Å². The number of nitro groups is 1. The summed E-state index contributed by atoms with van der Waals surface area (Å²) in [6, 6.07) is 10.3. The van der Waals surface area contributed by atoms with Crippen molar-refractivity contribution >= 4 is 39.6 Å². The number of imide groups is 1. The first-order valence-corrected chi connectivity index (χ1v) is 8.21. The molecule has 8 nitrogen and oxygen atoms in total. The van der Waals surface area contributed by atoms with Crippen molar-refractivity contribution in [3.05, 3.63) is 73.9 Å². The van der Waals surface area contributed by atoms with Gasteiger partial charge in [-0.3, -0.25) is 19.8 Å². The molecule has 2 N–H and O–H groups in total. The van der Waals surface area contributed by atoms with Gasteiger partial charge in [0, 0.05) is 10.5 Å². The van der Waals surface area contributed by atoms with E-state index in [1.807, 2.05) is 0 Å². The van der Waals surface area contributed by atoms with Crippen molar-refractivity contribution in [2.45, 2.75) is 6.54 Å². The molecule has 1 aliphatic rings. The highest BCUT2D eigenvalue weighted by molar-refractivity contribution is 9.10. The molecule has 0 aromatic heterocycles. The first kappa shape index (κ1) is 17.6. The van der Waals surface area contributed by atoms with Crippen molar-refractivity contribution in [3.63, 3.8) is 0 Å². The van der Waals surface area contributed by atoms with E-state index >= 15 is 0 Å². The average molecular weight is 418 g/mol. The molecular weight excluding hydrogens is 406 g/mol. The van der Waals surface area contributed by atoms with Gasteiger partial charge in [0.1, 0.15) is 5.70 Å². The number of hydrogen-bond acceptors (Lipinski definition) is 5. The van der Waals surface area contributed by atoms with Crippen molar-refractivity contribution < 1.29 is 19.6 Å². The zero-order valence-corrected chi connectivity index (χ0v) is 14.8. The summed E-state index contributed by atoms with van der Waals surface area (Å²) in [5.74, 6) is -1.01. The van der Waals surface area contributed by atoms with Crippen LogP contribution in [0.2, 0.25) is 0 Å². The molecule has 1 saturated heterocycles. The van der Waals surface area contributed by atoms with Crippen LogP contribution < -0.4 is 5.32 Å². The number of phenols is 1. The summed E-state index contributed by atoms with van der Waals surface area (Å²) in [6.45, 7) is 0.102. The Labute approximate surface area is 156 Å². The number of aromatic hydroxyl groups is 1. The zero-order valence-electron chi connectivity index (χ0n) is 13.2. The molecule has 132 valence electrons. The maximum Gasteiger partial charge on any atom is 0.329 e. The van der Waals surface area contributed by atoms with Crippen LogP contribution in [0.5, 0.6) is 5.75 Å². The van der Waals surface area contributed by atoms with Crippen LogP contribution in [0.4, 0.5) is 10.5 Å². The van der Waals surface area contributed by atoms with Crippen molar-refractivity contribution in [2.24, 2.45) is 0 Å². The second-order valence-corrected chi connectivity index (χ2v) is 6.43. The Balaban J connectivity index is 1.84. The summed E-state index contributed by atoms with van der Waals surface area (Å²) < 4.78 is 0.882. The second-order valence-electron chi connectivity index (χ2n) is 5.51. The van der Waals surface area contributed by atoms with Crippen molar-refractivity contribution in [3.8, 4) is 5.75 Å². The van der Waals surface area contributed by atoms with Crippen LogP contribution in [0.15, 0.2) is 52.6 Å². The van der Waals surface area contributed by atoms with Crippen LogP contribution in [0.1, 0.15) is 11.1 Å². The maximum absolute atomic E-state index is 12.5. The fourth-order valence-electron chi connectivity index (χ4n) is 2.43. The van der Waals surface area contributed by atoms with Crippen LogP contribution in [0, 0.1) is 10.1 Å². The number of rotatable bonds is 4. The Morgan fingerprint density at radius 2 is 1.88 bits per heavy atom. The number of benzene rings is 2. The second kappa shape index (κ2) is 6.96.